The van der Waals surface area contributed by atoms with E-state index in [2.05, 4.69) is 70.9 Å². The molecule has 0 bridgehead atoms. The molecule has 0 amide bonds. The van der Waals surface area contributed by atoms with E-state index in [4.69, 9.17) is 0 Å². The lowest BCUT2D eigenvalue weighted by Gasteiger charge is -2.52. The second kappa shape index (κ2) is 5.19. The summed E-state index contributed by atoms with van der Waals surface area (Å²) in [5.41, 5.74) is 1.20. The first kappa shape index (κ1) is 13.8. The van der Waals surface area contributed by atoms with E-state index < -0.39 is 0 Å². The smallest absolute Gasteiger partial charge is 0.0653 e. The van der Waals surface area contributed by atoms with E-state index in [1.54, 1.807) is 0 Å². The molecule has 1 heterocycles. The molecule has 1 aromatic rings. The molecule has 18 heavy (non-hydrogen) atoms. The fourth-order valence-corrected chi connectivity index (χ4v) is 3.30. The van der Waals surface area contributed by atoms with Gasteiger partial charge in [0.2, 0.25) is 0 Å². The Kier molecular flexibility index (Phi) is 3.99. The van der Waals surface area contributed by atoms with E-state index in [-0.39, 0.29) is 18.2 Å². The van der Waals surface area contributed by atoms with Crippen LogP contribution in [0.3, 0.4) is 0 Å². The Labute approximate surface area is 118 Å². The minimum Gasteiger partial charge on any atom is -0.394 e. The van der Waals surface area contributed by atoms with E-state index >= 15 is 0 Å². The average Bonchev–Trinajstić information content (AvgIpc) is 2.28. The molecule has 1 fully saturated rings. The maximum Gasteiger partial charge on any atom is 0.0653 e. The van der Waals surface area contributed by atoms with E-state index in [9.17, 15) is 5.11 Å². The van der Waals surface area contributed by atoms with Crippen molar-refractivity contribution in [3.63, 3.8) is 0 Å². The molecule has 1 atom stereocenters. The standard InChI is InChI=1S/C14H21BrN2O/c1-14(2)10-16(3)8-13(9-18)17(14)12-6-4-11(15)5-7-12/h4-7,13,18H,8-10H2,1-3H3. The molecule has 1 aliphatic heterocycles. The summed E-state index contributed by atoms with van der Waals surface area (Å²) < 4.78 is 1.08. The van der Waals surface area contributed by atoms with Gasteiger partial charge in [0.15, 0.2) is 0 Å². The molecular weight excluding hydrogens is 292 g/mol. The average molecular weight is 313 g/mol. The Morgan fingerprint density at radius 2 is 1.94 bits per heavy atom. The van der Waals surface area contributed by atoms with Crippen molar-refractivity contribution in [3.05, 3.63) is 28.7 Å². The van der Waals surface area contributed by atoms with E-state index in [0.29, 0.717) is 0 Å². The fraction of sp³-hybridized carbons (Fsp3) is 0.571. The van der Waals surface area contributed by atoms with Crippen LogP contribution in [-0.2, 0) is 0 Å². The van der Waals surface area contributed by atoms with Gasteiger partial charge in [0, 0.05) is 28.8 Å². The minimum absolute atomic E-state index is 0.0220. The molecule has 1 unspecified atom stereocenters. The van der Waals surface area contributed by atoms with Gasteiger partial charge in [-0.25, -0.2) is 0 Å². The number of rotatable bonds is 2. The van der Waals surface area contributed by atoms with E-state index in [0.717, 1.165) is 17.6 Å². The highest BCUT2D eigenvalue weighted by Crippen LogP contribution is 2.31. The van der Waals surface area contributed by atoms with Crippen molar-refractivity contribution in [2.75, 3.05) is 31.6 Å². The van der Waals surface area contributed by atoms with Crippen molar-refractivity contribution < 1.29 is 5.11 Å². The number of benzene rings is 1. The van der Waals surface area contributed by atoms with Crippen LogP contribution in [0.4, 0.5) is 5.69 Å². The molecule has 100 valence electrons. The Bertz CT molecular complexity index is 405. The Morgan fingerprint density at radius 3 is 2.50 bits per heavy atom. The van der Waals surface area contributed by atoms with Gasteiger partial charge in [0.05, 0.1) is 12.6 Å². The summed E-state index contributed by atoms with van der Waals surface area (Å²) in [5, 5.41) is 9.65. The molecule has 0 aliphatic carbocycles. The summed E-state index contributed by atoms with van der Waals surface area (Å²) in [4.78, 5) is 4.63. The van der Waals surface area contributed by atoms with Crippen LogP contribution in [0.2, 0.25) is 0 Å². The Hall–Kier alpha value is -0.580. The molecule has 1 saturated heterocycles. The number of halogens is 1. The summed E-state index contributed by atoms with van der Waals surface area (Å²) >= 11 is 3.46. The van der Waals surface area contributed by atoms with Crippen LogP contribution in [0.15, 0.2) is 28.7 Å². The van der Waals surface area contributed by atoms with Crippen LogP contribution in [0.1, 0.15) is 13.8 Å². The molecule has 0 saturated carbocycles. The van der Waals surface area contributed by atoms with Gasteiger partial charge in [-0.05, 0) is 45.2 Å². The van der Waals surface area contributed by atoms with Gasteiger partial charge in [0.25, 0.3) is 0 Å². The quantitative estimate of drug-likeness (QED) is 0.908. The van der Waals surface area contributed by atoms with Gasteiger partial charge in [-0.3, -0.25) is 0 Å². The number of anilines is 1. The van der Waals surface area contributed by atoms with Gasteiger partial charge in [-0.15, -0.1) is 0 Å². The molecule has 1 aliphatic rings. The maximum absolute atomic E-state index is 9.65. The normalized spacial score (nSPS) is 24.3. The van der Waals surface area contributed by atoms with Crippen molar-refractivity contribution in [2.24, 2.45) is 0 Å². The summed E-state index contributed by atoms with van der Waals surface area (Å²) in [7, 11) is 2.11. The largest absolute Gasteiger partial charge is 0.394 e. The molecule has 0 radical (unpaired) electrons. The van der Waals surface area contributed by atoms with Gasteiger partial charge in [0.1, 0.15) is 0 Å². The number of aliphatic hydroxyl groups excluding tert-OH is 1. The first-order valence-corrected chi connectivity index (χ1v) is 7.07. The van der Waals surface area contributed by atoms with Crippen LogP contribution in [0, 0.1) is 0 Å². The summed E-state index contributed by atoms with van der Waals surface area (Å²) in [6.07, 6.45) is 0. The van der Waals surface area contributed by atoms with Gasteiger partial charge in [-0.1, -0.05) is 15.9 Å². The molecule has 1 N–H and O–H groups in total. The van der Waals surface area contributed by atoms with Crippen molar-refractivity contribution >= 4 is 21.6 Å². The SMILES string of the molecule is CN1CC(CO)N(c2ccc(Br)cc2)C(C)(C)C1. The first-order valence-electron chi connectivity index (χ1n) is 6.28. The predicted molar refractivity (Wildman–Crippen MR) is 79.1 cm³/mol. The minimum atomic E-state index is 0.0220. The summed E-state index contributed by atoms with van der Waals surface area (Å²) in [6, 6.07) is 8.48. The first-order chi connectivity index (χ1) is 8.44. The van der Waals surface area contributed by atoms with Crippen molar-refractivity contribution in [1.29, 1.82) is 0 Å². The number of hydrogen-bond acceptors (Lipinski definition) is 3. The highest BCUT2D eigenvalue weighted by Gasteiger charge is 2.38. The third kappa shape index (κ3) is 2.71. The summed E-state index contributed by atoms with van der Waals surface area (Å²) in [5.74, 6) is 0. The second-order valence-corrected chi connectivity index (χ2v) is 6.61. The van der Waals surface area contributed by atoms with E-state index in [1.165, 1.54) is 5.69 Å². The fourth-order valence-electron chi connectivity index (χ4n) is 3.04. The van der Waals surface area contributed by atoms with Gasteiger partial charge >= 0.3 is 0 Å². The van der Waals surface area contributed by atoms with E-state index in [1.807, 2.05) is 0 Å². The highest BCUT2D eigenvalue weighted by atomic mass is 79.9. The molecule has 0 aromatic heterocycles. The van der Waals surface area contributed by atoms with Crippen LogP contribution in [0.5, 0.6) is 0 Å². The molecule has 2 rings (SSSR count). The zero-order chi connectivity index (χ0) is 13.3. The van der Waals surface area contributed by atoms with Crippen LogP contribution in [-0.4, -0.2) is 48.3 Å². The zero-order valence-electron chi connectivity index (χ0n) is 11.2. The van der Waals surface area contributed by atoms with Crippen molar-refractivity contribution in [1.82, 2.24) is 4.90 Å². The van der Waals surface area contributed by atoms with Gasteiger partial charge < -0.3 is 14.9 Å². The van der Waals surface area contributed by atoms with Crippen LogP contribution < -0.4 is 4.90 Å². The predicted octanol–water partition coefficient (Wildman–Crippen LogP) is 2.34. The number of piperazine rings is 1. The number of aliphatic hydroxyl groups is 1. The number of hydrogen-bond donors (Lipinski definition) is 1. The van der Waals surface area contributed by atoms with Crippen LogP contribution >= 0.6 is 15.9 Å². The highest BCUT2D eigenvalue weighted by molar-refractivity contribution is 9.10. The molecule has 1 aromatic carbocycles. The number of likely N-dealkylation sites (N-methyl/N-ethyl adjacent to an activating group) is 1. The second-order valence-electron chi connectivity index (χ2n) is 5.69. The topological polar surface area (TPSA) is 26.7 Å². The molecule has 3 nitrogen and oxygen atoms in total. The molecule has 0 spiro atoms. The van der Waals surface area contributed by atoms with Crippen LogP contribution in [0.25, 0.3) is 0 Å². The third-order valence-electron chi connectivity index (χ3n) is 3.51. The maximum atomic E-state index is 9.65. The number of nitrogens with zero attached hydrogens (tertiary/aromatic N) is 2. The molecule has 4 heteroatoms. The lowest BCUT2D eigenvalue weighted by Crippen LogP contribution is -2.64. The lowest BCUT2D eigenvalue weighted by molar-refractivity contribution is 0.137. The lowest BCUT2D eigenvalue weighted by atomic mass is 9.94. The zero-order valence-corrected chi connectivity index (χ0v) is 12.8. The molecular formula is C14H21BrN2O. The summed E-state index contributed by atoms with van der Waals surface area (Å²) in [6.45, 7) is 6.54. The van der Waals surface area contributed by atoms with Crippen molar-refractivity contribution in [3.8, 4) is 0 Å². The Morgan fingerprint density at radius 1 is 1.33 bits per heavy atom. The van der Waals surface area contributed by atoms with Gasteiger partial charge in [-0.2, -0.15) is 0 Å². The van der Waals surface area contributed by atoms with Crippen molar-refractivity contribution in [2.45, 2.75) is 25.4 Å². The monoisotopic (exact) mass is 312 g/mol. The Balaban J connectivity index is 2.34. The third-order valence-corrected chi connectivity index (χ3v) is 4.04.